The van der Waals surface area contributed by atoms with Gasteiger partial charge in [0.25, 0.3) is 0 Å². The molecule has 1 aliphatic rings. The Balaban J connectivity index is 2.22. The fourth-order valence-electron chi connectivity index (χ4n) is 2.23. The molecule has 1 amide bonds. The third-order valence-corrected chi connectivity index (χ3v) is 5.24. The lowest BCUT2D eigenvalue weighted by atomic mass is 9.91. The molecule has 0 atom stereocenters. The van der Waals surface area contributed by atoms with E-state index in [4.69, 9.17) is 5.73 Å². The summed E-state index contributed by atoms with van der Waals surface area (Å²) in [6, 6.07) is 7.58. The zero-order valence-corrected chi connectivity index (χ0v) is 11.7. The first kappa shape index (κ1) is 13.9. The van der Waals surface area contributed by atoms with Crippen molar-refractivity contribution in [2.45, 2.75) is 25.3 Å². The van der Waals surface area contributed by atoms with Crippen molar-refractivity contribution in [2.75, 3.05) is 16.8 Å². The van der Waals surface area contributed by atoms with Gasteiger partial charge in [0.15, 0.2) is 9.84 Å². The van der Waals surface area contributed by atoms with Gasteiger partial charge in [0, 0.05) is 5.69 Å². The van der Waals surface area contributed by atoms with E-state index in [1.165, 1.54) is 0 Å². The van der Waals surface area contributed by atoms with Gasteiger partial charge in [-0.2, -0.15) is 0 Å². The van der Waals surface area contributed by atoms with Gasteiger partial charge in [0.2, 0.25) is 5.91 Å². The Morgan fingerprint density at radius 3 is 2.21 bits per heavy atom. The van der Waals surface area contributed by atoms with Crippen LogP contribution in [-0.4, -0.2) is 31.4 Å². The first-order valence-corrected chi connectivity index (χ1v) is 8.00. The molecule has 104 valence electrons. The smallest absolute Gasteiger partial charge is 0.243 e. The largest absolute Gasteiger partial charge is 0.371 e. The second-order valence-electron chi connectivity index (χ2n) is 5.09. The Bertz CT molecular complexity index is 564. The van der Waals surface area contributed by atoms with Crippen molar-refractivity contribution in [1.82, 2.24) is 0 Å². The number of nitrogens with two attached hydrogens (primary N) is 1. The van der Waals surface area contributed by atoms with E-state index in [-0.39, 0.29) is 24.3 Å². The zero-order chi connectivity index (χ0) is 14.1. The molecule has 1 aliphatic heterocycles. The molecule has 0 bridgehead atoms. The maximum absolute atomic E-state index is 11.7. The number of sulfone groups is 1. The highest BCUT2D eigenvalue weighted by Gasteiger charge is 2.42. The van der Waals surface area contributed by atoms with Crippen LogP contribution < -0.4 is 11.1 Å². The summed E-state index contributed by atoms with van der Waals surface area (Å²) >= 11 is 0. The van der Waals surface area contributed by atoms with Gasteiger partial charge in [0.1, 0.15) is 5.54 Å². The lowest BCUT2D eigenvalue weighted by molar-refractivity contribution is -0.122. The van der Waals surface area contributed by atoms with Crippen LogP contribution in [0.2, 0.25) is 0 Å². The summed E-state index contributed by atoms with van der Waals surface area (Å²) < 4.78 is 23.0. The predicted molar refractivity (Wildman–Crippen MR) is 74.6 cm³/mol. The quantitative estimate of drug-likeness (QED) is 0.859. The fraction of sp³-hybridized carbons (Fsp3) is 0.462. The van der Waals surface area contributed by atoms with Gasteiger partial charge in [-0.15, -0.1) is 0 Å². The van der Waals surface area contributed by atoms with Gasteiger partial charge in [0.05, 0.1) is 11.5 Å². The van der Waals surface area contributed by atoms with E-state index >= 15 is 0 Å². The Kier molecular flexibility index (Phi) is 3.54. The number of nitrogens with one attached hydrogen (secondary N) is 1. The molecule has 1 heterocycles. The number of primary amides is 1. The number of benzene rings is 1. The van der Waals surface area contributed by atoms with Crippen LogP contribution in [0.1, 0.15) is 18.4 Å². The molecule has 3 N–H and O–H groups in total. The van der Waals surface area contributed by atoms with E-state index in [9.17, 15) is 13.2 Å². The second kappa shape index (κ2) is 4.85. The van der Waals surface area contributed by atoms with Gasteiger partial charge in [-0.1, -0.05) is 17.7 Å². The van der Waals surface area contributed by atoms with Crippen LogP contribution in [0, 0.1) is 6.92 Å². The van der Waals surface area contributed by atoms with Crippen LogP contribution in [0.25, 0.3) is 0 Å². The van der Waals surface area contributed by atoms with Gasteiger partial charge >= 0.3 is 0 Å². The highest BCUT2D eigenvalue weighted by molar-refractivity contribution is 7.91. The zero-order valence-electron chi connectivity index (χ0n) is 10.8. The fourth-order valence-corrected chi connectivity index (χ4v) is 3.76. The summed E-state index contributed by atoms with van der Waals surface area (Å²) in [6.07, 6.45) is 0.442. The monoisotopic (exact) mass is 282 g/mol. The molecule has 0 saturated carbocycles. The third kappa shape index (κ3) is 3.07. The summed E-state index contributed by atoms with van der Waals surface area (Å²) in [5.74, 6) is -0.508. The SMILES string of the molecule is Cc1ccc(NC2(C(N)=O)CCS(=O)(=O)CC2)cc1. The van der Waals surface area contributed by atoms with E-state index in [1.54, 1.807) is 0 Å². The molecule has 0 spiro atoms. The van der Waals surface area contributed by atoms with E-state index in [0.29, 0.717) is 0 Å². The molecule has 0 unspecified atom stereocenters. The lowest BCUT2D eigenvalue weighted by Gasteiger charge is -2.35. The third-order valence-electron chi connectivity index (χ3n) is 3.59. The topological polar surface area (TPSA) is 89.3 Å². The van der Waals surface area contributed by atoms with Crippen LogP contribution in [0.15, 0.2) is 24.3 Å². The average molecular weight is 282 g/mol. The predicted octanol–water partition coefficient (Wildman–Crippen LogP) is 0.840. The van der Waals surface area contributed by atoms with Crippen LogP contribution in [0.4, 0.5) is 5.69 Å². The number of hydrogen-bond acceptors (Lipinski definition) is 4. The molecular formula is C13H18N2O3S. The molecule has 1 aromatic carbocycles. The Hall–Kier alpha value is -1.56. The van der Waals surface area contributed by atoms with E-state index in [0.717, 1.165) is 11.3 Å². The van der Waals surface area contributed by atoms with Crippen molar-refractivity contribution in [1.29, 1.82) is 0 Å². The molecule has 1 saturated heterocycles. The van der Waals surface area contributed by atoms with E-state index < -0.39 is 21.3 Å². The van der Waals surface area contributed by atoms with Gasteiger partial charge in [-0.05, 0) is 31.9 Å². The molecule has 19 heavy (non-hydrogen) atoms. The lowest BCUT2D eigenvalue weighted by Crippen LogP contribution is -2.55. The van der Waals surface area contributed by atoms with E-state index in [1.807, 2.05) is 31.2 Å². The number of anilines is 1. The summed E-state index contributed by atoms with van der Waals surface area (Å²) in [4.78, 5) is 11.7. The minimum atomic E-state index is -3.03. The number of carbonyl (C=O) groups excluding carboxylic acids is 1. The first-order chi connectivity index (χ1) is 8.83. The highest BCUT2D eigenvalue weighted by atomic mass is 32.2. The second-order valence-corrected chi connectivity index (χ2v) is 7.39. The Morgan fingerprint density at radius 1 is 1.21 bits per heavy atom. The Labute approximate surface area is 113 Å². The van der Waals surface area contributed by atoms with Crippen LogP contribution in [-0.2, 0) is 14.6 Å². The molecule has 0 radical (unpaired) electrons. The minimum Gasteiger partial charge on any atom is -0.371 e. The van der Waals surface area contributed by atoms with Crippen molar-refractivity contribution in [2.24, 2.45) is 5.73 Å². The van der Waals surface area contributed by atoms with Crippen molar-refractivity contribution < 1.29 is 13.2 Å². The normalized spacial score (nSPS) is 20.7. The number of aryl methyl sites for hydroxylation is 1. The molecule has 6 heteroatoms. The molecule has 2 rings (SSSR count). The summed E-state index contributed by atoms with van der Waals surface area (Å²) in [7, 11) is -3.03. The van der Waals surface area contributed by atoms with Crippen molar-refractivity contribution in [3.63, 3.8) is 0 Å². The number of hydrogen-bond donors (Lipinski definition) is 2. The standard InChI is InChI=1S/C13H18N2O3S/c1-10-2-4-11(5-3-10)15-13(12(14)16)6-8-19(17,18)9-7-13/h2-5,15H,6-9H2,1H3,(H2,14,16). The number of amides is 1. The van der Waals surface area contributed by atoms with Crippen molar-refractivity contribution in [3.8, 4) is 0 Å². The molecule has 1 aromatic rings. The first-order valence-electron chi connectivity index (χ1n) is 6.18. The molecule has 0 aromatic heterocycles. The van der Waals surface area contributed by atoms with Crippen LogP contribution >= 0.6 is 0 Å². The van der Waals surface area contributed by atoms with Crippen LogP contribution in [0.3, 0.4) is 0 Å². The number of carbonyl (C=O) groups is 1. The van der Waals surface area contributed by atoms with Crippen LogP contribution in [0.5, 0.6) is 0 Å². The molecule has 1 fully saturated rings. The maximum atomic E-state index is 11.7. The van der Waals surface area contributed by atoms with Gasteiger partial charge in [-0.3, -0.25) is 4.79 Å². The van der Waals surface area contributed by atoms with E-state index in [2.05, 4.69) is 5.32 Å². The van der Waals surface area contributed by atoms with Crippen molar-refractivity contribution in [3.05, 3.63) is 29.8 Å². The molecule has 0 aliphatic carbocycles. The average Bonchev–Trinajstić information content (AvgIpc) is 2.35. The van der Waals surface area contributed by atoms with Gasteiger partial charge < -0.3 is 11.1 Å². The van der Waals surface area contributed by atoms with Crippen molar-refractivity contribution >= 4 is 21.4 Å². The molecular weight excluding hydrogens is 264 g/mol. The minimum absolute atomic E-state index is 0.00516. The summed E-state index contributed by atoms with van der Waals surface area (Å²) in [5.41, 5.74) is 6.41. The molecule has 5 nitrogen and oxygen atoms in total. The summed E-state index contributed by atoms with van der Waals surface area (Å²) in [5, 5.41) is 3.12. The Morgan fingerprint density at radius 2 is 1.74 bits per heavy atom. The maximum Gasteiger partial charge on any atom is 0.243 e. The highest BCUT2D eigenvalue weighted by Crippen LogP contribution is 2.28. The summed E-state index contributed by atoms with van der Waals surface area (Å²) in [6.45, 7) is 1.97. The van der Waals surface area contributed by atoms with Gasteiger partial charge in [-0.25, -0.2) is 8.42 Å². The number of rotatable bonds is 3.